The van der Waals surface area contributed by atoms with Crippen LogP contribution in [0.3, 0.4) is 0 Å². The quantitative estimate of drug-likeness (QED) is 0.701. The first-order chi connectivity index (χ1) is 11.6. The van der Waals surface area contributed by atoms with E-state index in [4.69, 9.17) is 11.6 Å². The predicted octanol–water partition coefficient (Wildman–Crippen LogP) is 5.12. The highest BCUT2D eigenvalue weighted by Crippen LogP contribution is 2.31. The Labute approximate surface area is 146 Å². The summed E-state index contributed by atoms with van der Waals surface area (Å²) in [5.41, 5.74) is 4.06. The highest BCUT2D eigenvalue weighted by atomic mass is 35.5. The molecule has 0 fully saturated rings. The van der Waals surface area contributed by atoms with Crippen molar-refractivity contribution in [2.75, 3.05) is 0 Å². The molecule has 0 radical (unpaired) electrons. The van der Waals surface area contributed by atoms with Crippen LogP contribution < -0.4 is 0 Å². The van der Waals surface area contributed by atoms with E-state index in [1.54, 1.807) is 12.1 Å². The van der Waals surface area contributed by atoms with E-state index in [9.17, 15) is 9.90 Å². The monoisotopic (exact) mass is 339 g/mol. The van der Waals surface area contributed by atoms with Crippen LogP contribution in [0.25, 0.3) is 11.1 Å². The number of hydrogen-bond acceptors (Lipinski definition) is 1. The molecule has 1 heterocycles. The fourth-order valence-electron chi connectivity index (χ4n) is 2.95. The summed E-state index contributed by atoms with van der Waals surface area (Å²) in [6.45, 7) is 2.57. The maximum Gasteiger partial charge on any atom is 0.353 e. The highest BCUT2D eigenvalue weighted by molar-refractivity contribution is 6.30. The van der Waals surface area contributed by atoms with E-state index in [1.165, 1.54) is 0 Å². The van der Waals surface area contributed by atoms with Crippen LogP contribution in [0, 0.1) is 0 Å². The lowest BCUT2D eigenvalue weighted by Crippen LogP contribution is -2.09. The Morgan fingerprint density at radius 3 is 2.33 bits per heavy atom. The number of aryl methyl sites for hydroxylation is 1. The van der Waals surface area contributed by atoms with Gasteiger partial charge in [-0.2, -0.15) is 0 Å². The van der Waals surface area contributed by atoms with Crippen LogP contribution in [-0.4, -0.2) is 15.6 Å². The van der Waals surface area contributed by atoms with Crippen molar-refractivity contribution in [3.8, 4) is 11.1 Å². The molecule has 0 spiro atoms. The molecule has 4 heteroatoms. The van der Waals surface area contributed by atoms with E-state index in [0.29, 0.717) is 17.3 Å². The smallest absolute Gasteiger partial charge is 0.353 e. The normalized spacial score (nSPS) is 10.8. The molecule has 0 aliphatic carbocycles. The van der Waals surface area contributed by atoms with E-state index in [0.717, 1.165) is 28.7 Å². The van der Waals surface area contributed by atoms with E-state index in [1.807, 2.05) is 60.2 Å². The third-order valence-electron chi connectivity index (χ3n) is 4.07. The van der Waals surface area contributed by atoms with Gasteiger partial charge >= 0.3 is 5.97 Å². The Bertz CT molecular complexity index is 851. The molecule has 0 unspecified atom stereocenters. The number of aromatic nitrogens is 1. The average molecular weight is 340 g/mol. The van der Waals surface area contributed by atoms with Crippen molar-refractivity contribution >= 4 is 17.6 Å². The van der Waals surface area contributed by atoms with Gasteiger partial charge in [-0.1, -0.05) is 61.0 Å². The van der Waals surface area contributed by atoms with E-state index in [-0.39, 0.29) is 0 Å². The molecule has 0 atom stereocenters. The maximum atomic E-state index is 12.0. The molecule has 3 aromatic rings. The number of carbonyl (C=O) groups is 1. The van der Waals surface area contributed by atoms with Crippen LogP contribution in [0.15, 0.2) is 60.8 Å². The summed E-state index contributed by atoms with van der Waals surface area (Å²) >= 11 is 5.97. The molecule has 1 N–H and O–H groups in total. The van der Waals surface area contributed by atoms with Gasteiger partial charge in [0.25, 0.3) is 0 Å². The lowest BCUT2D eigenvalue weighted by atomic mass is 10.00. The van der Waals surface area contributed by atoms with Gasteiger partial charge in [0.15, 0.2) is 0 Å². The summed E-state index contributed by atoms with van der Waals surface area (Å²) in [5.74, 6) is -0.921. The zero-order valence-electron chi connectivity index (χ0n) is 13.4. The highest BCUT2D eigenvalue weighted by Gasteiger charge is 2.22. The summed E-state index contributed by atoms with van der Waals surface area (Å²) in [6, 6.07) is 17.2. The molecule has 122 valence electrons. The molecule has 0 saturated carbocycles. The molecule has 24 heavy (non-hydrogen) atoms. The summed E-state index contributed by atoms with van der Waals surface area (Å²) < 4.78 is 1.82. The van der Waals surface area contributed by atoms with Crippen molar-refractivity contribution in [2.24, 2.45) is 0 Å². The Balaban J connectivity index is 2.14. The molecular formula is C20H18ClNO2. The van der Waals surface area contributed by atoms with Gasteiger partial charge in [0.2, 0.25) is 0 Å². The van der Waals surface area contributed by atoms with Gasteiger partial charge in [-0.3, -0.25) is 0 Å². The molecule has 3 rings (SSSR count). The summed E-state index contributed by atoms with van der Waals surface area (Å²) in [7, 11) is 0. The van der Waals surface area contributed by atoms with Crippen molar-refractivity contribution in [3.63, 3.8) is 0 Å². The molecule has 0 bridgehead atoms. The first kappa shape index (κ1) is 16.3. The minimum Gasteiger partial charge on any atom is -0.477 e. The number of hydrogen-bond donors (Lipinski definition) is 1. The Hall–Kier alpha value is -2.52. The van der Waals surface area contributed by atoms with Gasteiger partial charge in [0.1, 0.15) is 5.69 Å². The number of nitrogens with zero attached hydrogens (tertiary/aromatic N) is 1. The van der Waals surface area contributed by atoms with Crippen molar-refractivity contribution < 1.29 is 9.90 Å². The Morgan fingerprint density at radius 2 is 1.75 bits per heavy atom. The third-order valence-corrected chi connectivity index (χ3v) is 4.32. The number of carboxylic acids is 1. The summed E-state index contributed by atoms with van der Waals surface area (Å²) in [6.07, 6.45) is 2.71. The molecule has 0 aliphatic rings. The lowest BCUT2D eigenvalue weighted by molar-refractivity contribution is 0.0686. The molecule has 3 nitrogen and oxygen atoms in total. The minimum atomic E-state index is -0.921. The lowest BCUT2D eigenvalue weighted by Gasteiger charge is -2.09. The van der Waals surface area contributed by atoms with Crippen LogP contribution in [0.1, 0.15) is 28.5 Å². The van der Waals surface area contributed by atoms with Gasteiger partial charge in [-0.25, -0.2) is 4.79 Å². The van der Waals surface area contributed by atoms with Gasteiger partial charge in [-0.15, -0.1) is 0 Å². The predicted molar refractivity (Wildman–Crippen MR) is 96.8 cm³/mol. The second-order valence-electron chi connectivity index (χ2n) is 5.66. The van der Waals surface area contributed by atoms with Crippen molar-refractivity contribution in [3.05, 3.63) is 82.6 Å². The molecule has 2 aromatic carbocycles. The number of carboxylic acid groups (broad SMARTS) is 1. The van der Waals surface area contributed by atoms with Gasteiger partial charge in [0.05, 0.1) is 0 Å². The van der Waals surface area contributed by atoms with Gasteiger partial charge in [0, 0.05) is 23.3 Å². The van der Waals surface area contributed by atoms with Crippen molar-refractivity contribution in [2.45, 2.75) is 19.9 Å². The number of halogens is 1. The van der Waals surface area contributed by atoms with E-state index < -0.39 is 5.97 Å². The molecule has 0 amide bonds. The fourth-order valence-corrected chi connectivity index (χ4v) is 3.08. The molecular weight excluding hydrogens is 322 g/mol. The number of benzene rings is 2. The Morgan fingerprint density at radius 1 is 1.08 bits per heavy atom. The van der Waals surface area contributed by atoms with Crippen molar-refractivity contribution in [1.29, 1.82) is 0 Å². The zero-order chi connectivity index (χ0) is 17.1. The van der Waals surface area contributed by atoms with Crippen LogP contribution in [0.2, 0.25) is 5.02 Å². The van der Waals surface area contributed by atoms with E-state index >= 15 is 0 Å². The topological polar surface area (TPSA) is 42.2 Å². The second-order valence-corrected chi connectivity index (χ2v) is 6.09. The number of aromatic carboxylic acids is 1. The SMILES string of the molecule is CCc1cn(Cc2ccccc2)c(C(=O)O)c1-c1ccc(Cl)cc1. The molecule has 0 aliphatic heterocycles. The third kappa shape index (κ3) is 3.22. The second kappa shape index (κ2) is 6.93. The fraction of sp³-hybridized carbons (Fsp3) is 0.150. The van der Waals surface area contributed by atoms with Crippen molar-refractivity contribution in [1.82, 2.24) is 4.57 Å². The van der Waals surface area contributed by atoms with Crippen LogP contribution in [0.5, 0.6) is 0 Å². The summed E-state index contributed by atoms with van der Waals surface area (Å²) in [4.78, 5) is 12.0. The largest absolute Gasteiger partial charge is 0.477 e. The number of rotatable bonds is 5. The average Bonchev–Trinajstić information content (AvgIpc) is 2.95. The van der Waals surface area contributed by atoms with Gasteiger partial charge in [-0.05, 0) is 35.2 Å². The van der Waals surface area contributed by atoms with Crippen LogP contribution in [0.4, 0.5) is 0 Å². The first-order valence-corrected chi connectivity index (χ1v) is 8.23. The minimum absolute atomic E-state index is 0.318. The van der Waals surface area contributed by atoms with E-state index in [2.05, 4.69) is 0 Å². The standard InChI is InChI=1S/C20H18ClNO2/c1-2-15-13-22(12-14-6-4-3-5-7-14)19(20(23)24)18(15)16-8-10-17(21)11-9-16/h3-11,13H,2,12H2,1H3,(H,23,24). The molecule has 1 aromatic heterocycles. The van der Waals surface area contributed by atoms with Crippen LogP contribution >= 0.6 is 11.6 Å². The Kier molecular flexibility index (Phi) is 4.72. The maximum absolute atomic E-state index is 12.0. The van der Waals surface area contributed by atoms with Crippen LogP contribution in [-0.2, 0) is 13.0 Å². The molecule has 0 saturated heterocycles. The summed E-state index contributed by atoms with van der Waals surface area (Å²) in [5, 5.41) is 10.4. The zero-order valence-corrected chi connectivity index (χ0v) is 14.1. The first-order valence-electron chi connectivity index (χ1n) is 7.85. The van der Waals surface area contributed by atoms with Gasteiger partial charge < -0.3 is 9.67 Å².